The summed E-state index contributed by atoms with van der Waals surface area (Å²) in [7, 11) is 0. The highest BCUT2D eigenvalue weighted by atomic mass is 32.1. The van der Waals surface area contributed by atoms with Crippen LogP contribution >= 0.6 is 12.6 Å². The van der Waals surface area contributed by atoms with Crippen LogP contribution in [0.2, 0.25) is 0 Å². The molecule has 20 heavy (non-hydrogen) atoms. The molecule has 0 bridgehead atoms. The predicted molar refractivity (Wildman–Crippen MR) is 87.1 cm³/mol. The maximum atomic E-state index is 4.48. The zero-order chi connectivity index (χ0) is 13.8. The van der Waals surface area contributed by atoms with Gasteiger partial charge in [0.05, 0.1) is 5.69 Å². The van der Waals surface area contributed by atoms with Crippen molar-refractivity contribution in [3.05, 3.63) is 66.2 Å². The summed E-state index contributed by atoms with van der Waals surface area (Å²) in [6.07, 6.45) is 0.976. The Morgan fingerprint density at radius 2 is 1.60 bits per heavy atom. The molecular weight excluding hydrogens is 266 g/mol. The molecule has 0 unspecified atom stereocenters. The first kappa shape index (κ1) is 13.1. The lowest BCUT2D eigenvalue weighted by Crippen LogP contribution is -2.41. The molecule has 3 nitrogen and oxygen atoms in total. The zero-order valence-corrected chi connectivity index (χ0v) is 12.1. The van der Waals surface area contributed by atoms with Crippen molar-refractivity contribution in [2.75, 3.05) is 18.2 Å². The lowest BCUT2D eigenvalue weighted by atomic mass is 10.1. The molecule has 0 atom stereocenters. The van der Waals surface area contributed by atoms with E-state index in [1.807, 2.05) is 24.3 Å². The Balaban J connectivity index is 1.71. The summed E-state index contributed by atoms with van der Waals surface area (Å²) in [4.78, 5) is 4.42. The van der Waals surface area contributed by atoms with Crippen LogP contribution in [0.25, 0.3) is 0 Å². The van der Waals surface area contributed by atoms with Gasteiger partial charge in [-0.1, -0.05) is 48.5 Å². The van der Waals surface area contributed by atoms with E-state index in [0.29, 0.717) is 6.67 Å². The Morgan fingerprint density at radius 3 is 2.30 bits per heavy atom. The molecule has 0 radical (unpaired) electrons. The molecule has 1 aliphatic heterocycles. The normalized spacial score (nSPS) is 14.6. The zero-order valence-electron chi connectivity index (χ0n) is 11.2. The van der Waals surface area contributed by atoms with Crippen molar-refractivity contribution in [2.24, 2.45) is 4.99 Å². The topological polar surface area (TPSA) is 18.8 Å². The molecule has 0 N–H and O–H groups in total. The molecule has 2 aromatic carbocycles. The first-order valence-corrected chi connectivity index (χ1v) is 7.17. The van der Waals surface area contributed by atoms with E-state index in [1.54, 1.807) is 0 Å². The largest absolute Gasteiger partial charge is 0.262 e. The highest BCUT2D eigenvalue weighted by molar-refractivity contribution is 7.96. The van der Waals surface area contributed by atoms with E-state index < -0.39 is 0 Å². The number of anilines is 1. The van der Waals surface area contributed by atoms with E-state index in [4.69, 9.17) is 0 Å². The van der Waals surface area contributed by atoms with Crippen molar-refractivity contribution < 1.29 is 0 Å². The van der Waals surface area contributed by atoms with E-state index in [-0.39, 0.29) is 0 Å². The fraction of sp³-hybridized carbons (Fsp3) is 0.188. The molecule has 1 aliphatic rings. The molecule has 0 spiro atoms. The number of hydrazine groups is 1. The van der Waals surface area contributed by atoms with Gasteiger partial charge in [0.15, 0.2) is 5.17 Å². The summed E-state index contributed by atoms with van der Waals surface area (Å²) in [6.45, 7) is 1.51. The predicted octanol–water partition coefficient (Wildman–Crippen LogP) is 3.21. The van der Waals surface area contributed by atoms with Crippen molar-refractivity contribution in [3.8, 4) is 0 Å². The van der Waals surface area contributed by atoms with Crippen LogP contribution in [0.15, 0.2) is 65.7 Å². The number of hydrogen-bond donors (Lipinski definition) is 1. The van der Waals surface area contributed by atoms with Crippen LogP contribution in [0.3, 0.4) is 0 Å². The quantitative estimate of drug-likeness (QED) is 0.869. The smallest absolute Gasteiger partial charge is 0.177 e. The van der Waals surface area contributed by atoms with Crippen LogP contribution in [0, 0.1) is 0 Å². The lowest BCUT2D eigenvalue weighted by Gasteiger charge is -2.30. The van der Waals surface area contributed by atoms with Gasteiger partial charge in [-0.15, -0.1) is 12.6 Å². The monoisotopic (exact) mass is 283 g/mol. The molecule has 2 aromatic rings. The fourth-order valence-electron chi connectivity index (χ4n) is 2.32. The molecule has 0 saturated heterocycles. The van der Waals surface area contributed by atoms with Gasteiger partial charge in [0, 0.05) is 6.54 Å². The number of hydrogen-bond acceptors (Lipinski definition) is 3. The van der Waals surface area contributed by atoms with E-state index in [0.717, 1.165) is 23.8 Å². The molecule has 3 rings (SSSR count). The SMILES string of the molecule is SC1=NCN(c2ccccc2)N1CCc1ccccc1. The Bertz CT molecular complexity index is 583. The van der Waals surface area contributed by atoms with Gasteiger partial charge in [0.1, 0.15) is 6.67 Å². The standard InChI is InChI=1S/C16H17N3S/c20-16-17-13-19(15-9-5-2-6-10-15)18(16)12-11-14-7-3-1-4-8-14/h1-10H,11-13H2,(H,17,20). The summed E-state index contributed by atoms with van der Waals surface area (Å²) in [5.74, 6) is 0. The Labute approximate surface area is 124 Å². The first-order valence-electron chi connectivity index (χ1n) is 6.72. The second-order valence-electron chi connectivity index (χ2n) is 4.69. The maximum Gasteiger partial charge on any atom is 0.177 e. The molecule has 1 heterocycles. The maximum absolute atomic E-state index is 4.48. The number of nitrogens with zero attached hydrogens (tertiary/aromatic N) is 3. The average molecular weight is 283 g/mol. The minimum absolute atomic E-state index is 0.637. The van der Waals surface area contributed by atoms with Crippen LogP contribution in [-0.2, 0) is 6.42 Å². The molecular formula is C16H17N3S. The van der Waals surface area contributed by atoms with Crippen LogP contribution in [0.4, 0.5) is 5.69 Å². The first-order chi connectivity index (χ1) is 9.84. The van der Waals surface area contributed by atoms with Crippen LogP contribution in [0.1, 0.15) is 5.56 Å². The number of rotatable bonds is 4. The van der Waals surface area contributed by atoms with Gasteiger partial charge in [-0.05, 0) is 24.1 Å². The average Bonchev–Trinajstić information content (AvgIpc) is 2.88. The van der Waals surface area contributed by atoms with Crippen molar-refractivity contribution >= 4 is 23.5 Å². The molecule has 102 valence electrons. The van der Waals surface area contributed by atoms with Crippen molar-refractivity contribution in [1.29, 1.82) is 0 Å². The van der Waals surface area contributed by atoms with Gasteiger partial charge < -0.3 is 0 Å². The minimum Gasteiger partial charge on any atom is -0.262 e. The van der Waals surface area contributed by atoms with Crippen molar-refractivity contribution in [1.82, 2.24) is 5.01 Å². The summed E-state index contributed by atoms with van der Waals surface area (Å²) >= 11 is 4.48. The van der Waals surface area contributed by atoms with Gasteiger partial charge in [-0.2, -0.15) is 0 Å². The molecule has 0 saturated carbocycles. The summed E-state index contributed by atoms with van der Waals surface area (Å²) in [5, 5.41) is 5.07. The fourth-order valence-corrected chi connectivity index (χ4v) is 2.59. The Morgan fingerprint density at radius 1 is 0.950 bits per heavy atom. The van der Waals surface area contributed by atoms with E-state index in [9.17, 15) is 0 Å². The van der Waals surface area contributed by atoms with Crippen molar-refractivity contribution in [3.63, 3.8) is 0 Å². The van der Waals surface area contributed by atoms with Gasteiger partial charge in [-0.3, -0.25) is 10.0 Å². The summed E-state index contributed by atoms with van der Waals surface area (Å²) in [5.41, 5.74) is 2.47. The van der Waals surface area contributed by atoms with E-state index >= 15 is 0 Å². The van der Waals surface area contributed by atoms with E-state index in [1.165, 1.54) is 5.56 Å². The Hall–Kier alpha value is -1.94. The second-order valence-corrected chi connectivity index (χ2v) is 5.09. The number of amidine groups is 1. The molecule has 0 amide bonds. The molecule has 4 heteroatoms. The highest BCUT2D eigenvalue weighted by Gasteiger charge is 2.23. The molecule has 0 aliphatic carbocycles. The molecule has 0 fully saturated rings. The third-order valence-corrected chi connectivity index (χ3v) is 3.75. The van der Waals surface area contributed by atoms with Crippen LogP contribution in [0.5, 0.6) is 0 Å². The van der Waals surface area contributed by atoms with Crippen molar-refractivity contribution in [2.45, 2.75) is 6.42 Å². The third kappa shape index (κ3) is 2.80. The Kier molecular flexibility index (Phi) is 3.92. The highest BCUT2D eigenvalue weighted by Crippen LogP contribution is 2.21. The summed E-state index contributed by atoms with van der Waals surface area (Å²) < 4.78 is 0. The van der Waals surface area contributed by atoms with Gasteiger partial charge in [-0.25, -0.2) is 4.99 Å². The van der Waals surface area contributed by atoms with Gasteiger partial charge in [0.2, 0.25) is 0 Å². The molecule has 0 aromatic heterocycles. The third-order valence-electron chi connectivity index (χ3n) is 3.38. The van der Waals surface area contributed by atoms with Crippen LogP contribution < -0.4 is 5.01 Å². The number of thiol groups is 1. The lowest BCUT2D eigenvalue weighted by molar-refractivity contribution is 0.424. The minimum atomic E-state index is 0.637. The van der Waals surface area contributed by atoms with Gasteiger partial charge in [0.25, 0.3) is 0 Å². The second kappa shape index (κ2) is 6.01. The van der Waals surface area contributed by atoms with Gasteiger partial charge >= 0.3 is 0 Å². The number of aliphatic imine (C=N–C) groups is 1. The van der Waals surface area contributed by atoms with E-state index in [2.05, 4.69) is 64.0 Å². The summed E-state index contributed by atoms with van der Waals surface area (Å²) in [6, 6.07) is 20.8. The number of para-hydroxylation sites is 1. The van der Waals surface area contributed by atoms with Crippen LogP contribution in [-0.4, -0.2) is 23.4 Å². The number of benzene rings is 2.